The normalized spacial score (nSPS) is 14.3. The Morgan fingerprint density at radius 1 is 1.38 bits per heavy atom. The van der Waals surface area contributed by atoms with E-state index < -0.39 is 29.7 Å². The second-order valence-corrected chi connectivity index (χ2v) is 2.36. The maximum Gasteiger partial charge on any atom is 0.334 e. The number of primary amides is 1. The monoisotopic (exact) mass is 191 g/mol. The van der Waals surface area contributed by atoms with Crippen molar-refractivity contribution in [3.05, 3.63) is 0 Å². The number of hydroxylamine groups is 1. The number of rotatable bonds is 4. The first-order valence-electron chi connectivity index (χ1n) is 3.09. The van der Waals surface area contributed by atoms with Crippen molar-refractivity contribution in [2.45, 2.75) is 12.0 Å². The summed E-state index contributed by atoms with van der Waals surface area (Å²) in [5.41, 5.74) is 8.20. The molecule has 13 heavy (non-hydrogen) atoms. The van der Waals surface area contributed by atoms with Crippen molar-refractivity contribution in [3.8, 4) is 0 Å². The van der Waals surface area contributed by atoms with Crippen molar-refractivity contribution >= 4 is 17.8 Å². The van der Waals surface area contributed by atoms with E-state index in [2.05, 4.69) is 5.73 Å². The van der Waals surface area contributed by atoms with Crippen LogP contribution in [0.15, 0.2) is 0 Å². The van der Waals surface area contributed by atoms with Gasteiger partial charge < -0.3 is 16.6 Å². The van der Waals surface area contributed by atoms with Crippen molar-refractivity contribution < 1.29 is 24.7 Å². The minimum absolute atomic E-state index is 0.894. The maximum absolute atomic E-state index is 10.7. The number of hydrogen-bond acceptors (Lipinski definition) is 5. The van der Waals surface area contributed by atoms with E-state index in [4.69, 9.17) is 16.0 Å². The zero-order chi connectivity index (χ0) is 10.6. The average Bonchev–Trinajstić information content (AvgIpc) is 2.01. The maximum atomic E-state index is 10.7. The van der Waals surface area contributed by atoms with Crippen LogP contribution in [0.2, 0.25) is 0 Å². The summed E-state index contributed by atoms with van der Waals surface area (Å²) < 4.78 is 0. The molecule has 0 bridgehead atoms. The molecule has 7 N–H and O–H groups in total. The highest BCUT2D eigenvalue weighted by Gasteiger charge is 2.43. The molecule has 0 saturated heterocycles. The molecular weight excluding hydrogens is 182 g/mol. The number of carbonyl (C=O) groups is 3. The Kier molecular flexibility index (Phi) is 3.33. The molecule has 0 aliphatic carbocycles. The largest absolute Gasteiger partial charge is 0.479 e. The Morgan fingerprint density at radius 3 is 2.08 bits per heavy atom. The molecule has 0 radical (unpaired) electrons. The summed E-state index contributed by atoms with van der Waals surface area (Å²) in [6, 6.07) is 0. The zero-order valence-corrected chi connectivity index (χ0v) is 6.48. The number of carboxylic acid groups (broad SMARTS) is 1. The van der Waals surface area contributed by atoms with E-state index in [-0.39, 0.29) is 0 Å². The molecule has 0 aromatic heterocycles. The highest BCUT2D eigenvalue weighted by molar-refractivity contribution is 6.08. The molecular formula is C5H9N3O5. The molecule has 0 heterocycles. The summed E-state index contributed by atoms with van der Waals surface area (Å²) >= 11 is 0. The van der Waals surface area contributed by atoms with Crippen LogP contribution in [0.5, 0.6) is 0 Å². The molecule has 0 saturated carbocycles. The number of aliphatic carboxylic acids is 1. The van der Waals surface area contributed by atoms with Crippen LogP contribution in [-0.4, -0.2) is 33.6 Å². The Morgan fingerprint density at radius 2 is 1.85 bits per heavy atom. The van der Waals surface area contributed by atoms with Crippen molar-refractivity contribution in [1.29, 1.82) is 0 Å². The van der Waals surface area contributed by atoms with Crippen LogP contribution in [-0.2, 0) is 14.4 Å². The lowest BCUT2D eigenvalue weighted by Crippen LogP contribution is -2.60. The highest BCUT2D eigenvalue weighted by Crippen LogP contribution is 2.06. The average molecular weight is 191 g/mol. The van der Waals surface area contributed by atoms with Gasteiger partial charge in [0.25, 0.3) is 5.91 Å². The molecule has 0 rings (SSSR count). The van der Waals surface area contributed by atoms with E-state index in [1.165, 1.54) is 0 Å². The van der Waals surface area contributed by atoms with Gasteiger partial charge in [-0.3, -0.25) is 14.8 Å². The Hall–Kier alpha value is -1.67. The molecule has 74 valence electrons. The fourth-order valence-electron chi connectivity index (χ4n) is 0.628. The van der Waals surface area contributed by atoms with E-state index >= 15 is 0 Å². The molecule has 2 amide bonds. The Balaban J connectivity index is 4.83. The standard InChI is InChI=1S/C5H9N3O5/c6-2(9)1-5(7,4(11)12)3(10)8-13/h13H,1,7H2,(H2,6,9)(H,8,10)(H,11,12). The number of carboxylic acids is 1. The SMILES string of the molecule is NC(=O)CC(N)(C(=O)O)C(=O)NO. The molecule has 1 unspecified atom stereocenters. The van der Waals surface area contributed by atoms with Gasteiger partial charge in [-0.2, -0.15) is 0 Å². The highest BCUT2D eigenvalue weighted by atomic mass is 16.5. The van der Waals surface area contributed by atoms with Gasteiger partial charge in [-0.05, 0) is 0 Å². The lowest BCUT2D eigenvalue weighted by atomic mass is 9.95. The summed E-state index contributed by atoms with van der Waals surface area (Å²) in [5, 5.41) is 16.6. The lowest BCUT2D eigenvalue weighted by Gasteiger charge is -2.19. The number of amides is 2. The van der Waals surface area contributed by atoms with Crippen LogP contribution >= 0.6 is 0 Å². The van der Waals surface area contributed by atoms with Gasteiger partial charge in [0.15, 0.2) is 0 Å². The van der Waals surface area contributed by atoms with E-state index in [0.29, 0.717) is 0 Å². The second-order valence-electron chi connectivity index (χ2n) is 2.36. The molecule has 0 aromatic carbocycles. The molecule has 0 aliphatic heterocycles. The summed E-state index contributed by atoms with van der Waals surface area (Å²) in [6.45, 7) is 0. The predicted molar refractivity (Wildman–Crippen MR) is 38.3 cm³/mol. The molecule has 0 aliphatic rings. The van der Waals surface area contributed by atoms with Gasteiger partial charge >= 0.3 is 5.97 Å². The molecule has 0 spiro atoms. The number of nitrogens with one attached hydrogen (secondary N) is 1. The molecule has 0 aromatic rings. The zero-order valence-electron chi connectivity index (χ0n) is 6.48. The number of carbonyl (C=O) groups excluding carboxylic acids is 2. The first-order chi connectivity index (χ1) is 5.84. The Bertz CT molecular complexity index is 253. The van der Waals surface area contributed by atoms with Crippen molar-refractivity contribution in [2.75, 3.05) is 0 Å². The fourth-order valence-corrected chi connectivity index (χ4v) is 0.628. The van der Waals surface area contributed by atoms with Gasteiger partial charge in [-0.1, -0.05) is 0 Å². The summed E-state index contributed by atoms with van der Waals surface area (Å²) in [7, 11) is 0. The van der Waals surface area contributed by atoms with Crippen LogP contribution in [0, 0.1) is 0 Å². The van der Waals surface area contributed by atoms with Gasteiger partial charge in [0.1, 0.15) is 0 Å². The van der Waals surface area contributed by atoms with Crippen LogP contribution in [0.4, 0.5) is 0 Å². The predicted octanol–water partition coefficient (Wildman–Crippen LogP) is -2.85. The van der Waals surface area contributed by atoms with Gasteiger partial charge in [-0.15, -0.1) is 0 Å². The third kappa shape index (κ3) is 2.39. The first-order valence-corrected chi connectivity index (χ1v) is 3.09. The third-order valence-corrected chi connectivity index (χ3v) is 1.34. The van der Waals surface area contributed by atoms with E-state index in [0.717, 1.165) is 5.48 Å². The minimum Gasteiger partial charge on any atom is -0.479 e. The van der Waals surface area contributed by atoms with Crippen LogP contribution in [0.3, 0.4) is 0 Å². The van der Waals surface area contributed by atoms with Crippen LogP contribution < -0.4 is 16.9 Å². The minimum atomic E-state index is -2.53. The topological polar surface area (TPSA) is 156 Å². The molecule has 8 nitrogen and oxygen atoms in total. The fraction of sp³-hybridized carbons (Fsp3) is 0.400. The summed E-state index contributed by atoms with van der Waals surface area (Å²) in [4.78, 5) is 31.5. The summed E-state index contributed by atoms with van der Waals surface area (Å²) in [5.74, 6) is -4.22. The van der Waals surface area contributed by atoms with E-state index in [1.54, 1.807) is 0 Å². The van der Waals surface area contributed by atoms with E-state index in [9.17, 15) is 14.4 Å². The van der Waals surface area contributed by atoms with Crippen molar-refractivity contribution in [3.63, 3.8) is 0 Å². The molecule has 0 fully saturated rings. The first kappa shape index (κ1) is 11.3. The third-order valence-electron chi connectivity index (χ3n) is 1.34. The quantitative estimate of drug-likeness (QED) is 0.183. The summed E-state index contributed by atoms with van der Waals surface area (Å²) in [6.07, 6.45) is -0.894. The van der Waals surface area contributed by atoms with Gasteiger partial charge in [0.2, 0.25) is 11.4 Å². The van der Waals surface area contributed by atoms with Gasteiger partial charge in [0.05, 0.1) is 6.42 Å². The van der Waals surface area contributed by atoms with Gasteiger partial charge in [0, 0.05) is 0 Å². The van der Waals surface area contributed by atoms with Crippen molar-refractivity contribution in [2.24, 2.45) is 11.5 Å². The number of hydrogen-bond donors (Lipinski definition) is 5. The second kappa shape index (κ2) is 3.83. The van der Waals surface area contributed by atoms with E-state index in [1.807, 2.05) is 0 Å². The lowest BCUT2D eigenvalue weighted by molar-refractivity contribution is -0.154. The molecule has 1 atom stereocenters. The number of nitrogens with two attached hydrogens (primary N) is 2. The van der Waals surface area contributed by atoms with Crippen LogP contribution in [0.25, 0.3) is 0 Å². The van der Waals surface area contributed by atoms with Crippen molar-refractivity contribution in [1.82, 2.24) is 5.48 Å². The molecule has 8 heteroatoms. The van der Waals surface area contributed by atoms with Crippen LogP contribution in [0.1, 0.15) is 6.42 Å². The smallest absolute Gasteiger partial charge is 0.334 e. The Labute approximate surface area is 72.5 Å². The van der Waals surface area contributed by atoms with Gasteiger partial charge in [-0.25, -0.2) is 10.3 Å².